The van der Waals surface area contributed by atoms with Gasteiger partial charge in [-0.05, 0) is 36.8 Å². The van der Waals surface area contributed by atoms with E-state index in [4.69, 9.17) is 9.26 Å². The van der Waals surface area contributed by atoms with E-state index in [0.717, 1.165) is 12.1 Å². The molecule has 0 unspecified atom stereocenters. The number of anilines is 1. The smallest absolute Gasteiger partial charge is 0.278 e. The van der Waals surface area contributed by atoms with Crippen molar-refractivity contribution in [3.63, 3.8) is 0 Å². The minimum atomic E-state index is -0.865. The van der Waals surface area contributed by atoms with Gasteiger partial charge in [0.2, 0.25) is 0 Å². The minimum Gasteiger partial charge on any atom is -0.486 e. The number of carbonyl (C=O) groups excluding carboxylic acids is 1. The van der Waals surface area contributed by atoms with Gasteiger partial charge in [-0.1, -0.05) is 17.3 Å². The van der Waals surface area contributed by atoms with Gasteiger partial charge in [-0.15, -0.1) is 0 Å². The zero-order valence-electron chi connectivity index (χ0n) is 16.8. The van der Waals surface area contributed by atoms with Crippen molar-refractivity contribution >= 4 is 11.6 Å². The molecule has 0 fully saturated rings. The number of ether oxygens (including phenoxy) is 1. The molecular formula is C22H17F3N4O3. The number of nitrogens with zero attached hydrogens (tertiary/aromatic N) is 3. The largest absolute Gasteiger partial charge is 0.486 e. The maximum absolute atomic E-state index is 13.8. The Bertz CT molecular complexity index is 1270. The van der Waals surface area contributed by atoms with Gasteiger partial charge < -0.3 is 14.6 Å². The van der Waals surface area contributed by atoms with Gasteiger partial charge in [0.1, 0.15) is 24.0 Å². The standard InChI is InChI=1S/C22H17F3N4O3/c1-13-18(12-31-20-6-5-16(24)8-19(20)25)21(28-32-13)22(30)27-17-9-26-29(11-17)10-14-3-2-4-15(23)7-14/h2-9,11H,10,12H2,1H3,(H,27,30). The van der Waals surface area contributed by atoms with E-state index in [9.17, 15) is 18.0 Å². The summed E-state index contributed by atoms with van der Waals surface area (Å²) in [5.74, 6) is -2.37. The Morgan fingerprint density at radius 3 is 2.75 bits per heavy atom. The van der Waals surface area contributed by atoms with Gasteiger partial charge in [0.25, 0.3) is 5.91 Å². The van der Waals surface area contributed by atoms with E-state index < -0.39 is 17.5 Å². The van der Waals surface area contributed by atoms with Gasteiger partial charge in [-0.25, -0.2) is 13.2 Å². The lowest BCUT2D eigenvalue weighted by Gasteiger charge is -2.07. The summed E-state index contributed by atoms with van der Waals surface area (Å²) < 4.78 is 52.2. The number of benzene rings is 2. The molecule has 0 aliphatic carbocycles. The van der Waals surface area contributed by atoms with Crippen LogP contribution in [0.25, 0.3) is 0 Å². The molecule has 0 aliphatic rings. The quantitative estimate of drug-likeness (QED) is 0.457. The van der Waals surface area contributed by atoms with Crippen LogP contribution >= 0.6 is 0 Å². The zero-order chi connectivity index (χ0) is 22.7. The van der Waals surface area contributed by atoms with Crippen molar-refractivity contribution in [2.45, 2.75) is 20.1 Å². The number of hydrogen-bond acceptors (Lipinski definition) is 5. The molecule has 32 heavy (non-hydrogen) atoms. The van der Waals surface area contributed by atoms with E-state index in [-0.39, 0.29) is 23.9 Å². The lowest BCUT2D eigenvalue weighted by Crippen LogP contribution is -2.15. The fourth-order valence-corrected chi connectivity index (χ4v) is 3.01. The molecular weight excluding hydrogens is 425 g/mol. The van der Waals surface area contributed by atoms with E-state index in [1.807, 2.05) is 0 Å². The maximum Gasteiger partial charge on any atom is 0.278 e. The average molecular weight is 442 g/mol. The summed E-state index contributed by atoms with van der Waals surface area (Å²) in [7, 11) is 0. The third kappa shape index (κ3) is 4.80. The van der Waals surface area contributed by atoms with Crippen LogP contribution in [0.1, 0.15) is 27.4 Å². The van der Waals surface area contributed by atoms with E-state index in [2.05, 4.69) is 15.6 Å². The molecule has 1 N–H and O–H groups in total. The number of halogens is 3. The van der Waals surface area contributed by atoms with Gasteiger partial charge in [0, 0.05) is 12.3 Å². The number of carbonyl (C=O) groups is 1. The van der Waals surface area contributed by atoms with Gasteiger partial charge in [-0.2, -0.15) is 5.10 Å². The molecule has 2 heterocycles. The van der Waals surface area contributed by atoms with Crippen molar-refractivity contribution < 1.29 is 27.2 Å². The summed E-state index contributed by atoms with van der Waals surface area (Å²) in [6, 6.07) is 9.03. The molecule has 0 atom stereocenters. The monoisotopic (exact) mass is 442 g/mol. The molecule has 4 rings (SSSR count). The summed E-state index contributed by atoms with van der Waals surface area (Å²) in [5.41, 5.74) is 1.38. The van der Waals surface area contributed by atoms with Crippen LogP contribution in [-0.4, -0.2) is 20.8 Å². The Morgan fingerprint density at radius 1 is 1.16 bits per heavy atom. The van der Waals surface area contributed by atoms with Crippen molar-refractivity contribution in [2.75, 3.05) is 5.32 Å². The maximum atomic E-state index is 13.8. The zero-order valence-corrected chi connectivity index (χ0v) is 16.8. The molecule has 0 bridgehead atoms. The molecule has 0 aliphatic heterocycles. The molecule has 0 radical (unpaired) electrons. The number of amides is 1. The predicted molar refractivity (Wildman–Crippen MR) is 108 cm³/mol. The number of aryl methyl sites for hydroxylation is 1. The fourth-order valence-electron chi connectivity index (χ4n) is 3.01. The molecule has 2 aromatic heterocycles. The number of hydrogen-bond donors (Lipinski definition) is 1. The van der Waals surface area contributed by atoms with Crippen LogP contribution < -0.4 is 10.1 Å². The normalized spacial score (nSPS) is 10.9. The Labute approximate surface area is 180 Å². The lowest BCUT2D eigenvalue weighted by molar-refractivity contribution is 0.101. The second-order valence-electron chi connectivity index (χ2n) is 6.94. The van der Waals surface area contributed by atoms with Gasteiger partial charge in [0.15, 0.2) is 17.3 Å². The molecule has 0 saturated carbocycles. The Morgan fingerprint density at radius 2 is 1.97 bits per heavy atom. The molecule has 4 aromatic rings. The summed E-state index contributed by atoms with van der Waals surface area (Å²) >= 11 is 0. The molecule has 1 amide bonds. The fraction of sp³-hybridized carbons (Fsp3) is 0.136. The van der Waals surface area contributed by atoms with Crippen LogP contribution in [0.3, 0.4) is 0 Å². The Balaban J connectivity index is 1.43. The first kappa shape index (κ1) is 21.2. The van der Waals surface area contributed by atoms with Crippen LogP contribution in [0.5, 0.6) is 5.75 Å². The summed E-state index contributed by atoms with van der Waals surface area (Å²) in [4.78, 5) is 12.7. The minimum absolute atomic E-state index is 0.0390. The molecule has 10 heteroatoms. The second-order valence-corrected chi connectivity index (χ2v) is 6.94. The van der Waals surface area contributed by atoms with Crippen LogP contribution in [0.2, 0.25) is 0 Å². The topological polar surface area (TPSA) is 82.2 Å². The molecule has 164 valence electrons. The van der Waals surface area contributed by atoms with Crippen LogP contribution in [0.4, 0.5) is 18.9 Å². The third-order valence-electron chi connectivity index (χ3n) is 4.59. The first-order valence-corrected chi connectivity index (χ1v) is 9.50. The van der Waals surface area contributed by atoms with Gasteiger partial charge in [0.05, 0.1) is 24.0 Å². The first-order valence-electron chi connectivity index (χ1n) is 9.50. The van der Waals surface area contributed by atoms with E-state index >= 15 is 0 Å². The van der Waals surface area contributed by atoms with Crippen LogP contribution in [0.15, 0.2) is 59.4 Å². The van der Waals surface area contributed by atoms with Crippen LogP contribution in [-0.2, 0) is 13.2 Å². The number of rotatable bonds is 7. The Kier molecular flexibility index (Phi) is 5.93. The third-order valence-corrected chi connectivity index (χ3v) is 4.59. The lowest BCUT2D eigenvalue weighted by atomic mass is 10.2. The van der Waals surface area contributed by atoms with E-state index in [1.165, 1.54) is 18.3 Å². The SMILES string of the molecule is Cc1onc(C(=O)Nc2cnn(Cc3cccc(F)c3)c2)c1COc1ccc(F)cc1F. The summed E-state index contributed by atoms with van der Waals surface area (Å²) in [6.45, 7) is 1.69. The van der Waals surface area contributed by atoms with Crippen molar-refractivity contribution in [3.05, 3.63) is 94.9 Å². The summed E-state index contributed by atoms with van der Waals surface area (Å²) in [5, 5.41) is 10.6. The van der Waals surface area contributed by atoms with Crippen LogP contribution in [0, 0.1) is 24.4 Å². The second kappa shape index (κ2) is 8.96. The van der Waals surface area contributed by atoms with Gasteiger partial charge >= 0.3 is 0 Å². The van der Waals surface area contributed by atoms with Crippen molar-refractivity contribution in [3.8, 4) is 5.75 Å². The molecule has 0 spiro atoms. The highest BCUT2D eigenvalue weighted by atomic mass is 19.1. The molecule has 7 nitrogen and oxygen atoms in total. The molecule has 0 saturated heterocycles. The number of aromatic nitrogens is 3. The predicted octanol–water partition coefficient (Wildman–Crippen LogP) is 4.48. The summed E-state index contributed by atoms with van der Waals surface area (Å²) in [6.07, 6.45) is 3.02. The van der Waals surface area contributed by atoms with E-state index in [1.54, 1.807) is 29.9 Å². The van der Waals surface area contributed by atoms with E-state index in [0.29, 0.717) is 35.2 Å². The highest BCUT2D eigenvalue weighted by Crippen LogP contribution is 2.22. The van der Waals surface area contributed by atoms with Crippen molar-refractivity contribution in [2.24, 2.45) is 0 Å². The average Bonchev–Trinajstić information content (AvgIpc) is 3.33. The Hall–Kier alpha value is -4.08. The highest BCUT2D eigenvalue weighted by molar-refractivity contribution is 6.03. The van der Waals surface area contributed by atoms with Crippen molar-refractivity contribution in [1.82, 2.24) is 14.9 Å². The van der Waals surface area contributed by atoms with Gasteiger partial charge in [-0.3, -0.25) is 9.48 Å². The highest BCUT2D eigenvalue weighted by Gasteiger charge is 2.21. The van der Waals surface area contributed by atoms with Crippen molar-refractivity contribution in [1.29, 1.82) is 0 Å². The molecule has 2 aromatic carbocycles. The number of nitrogens with one attached hydrogen (secondary N) is 1. The first-order chi connectivity index (χ1) is 15.4.